The van der Waals surface area contributed by atoms with Gasteiger partial charge in [-0.1, -0.05) is 30.3 Å². The van der Waals surface area contributed by atoms with Crippen LogP contribution in [0.15, 0.2) is 77.7 Å². The molecule has 1 aliphatic rings. The minimum absolute atomic E-state index is 0.145. The largest absolute Gasteiger partial charge is 0.491 e. The Balaban J connectivity index is 1.31. The van der Waals surface area contributed by atoms with E-state index in [1.807, 2.05) is 36.4 Å². The van der Waals surface area contributed by atoms with E-state index < -0.39 is 0 Å². The number of nitrogens with zero attached hydrogens (tertiary/aromatic N) is 4. The number of piperazine rings is 1. The molecule has 4 aromatic rings. The van der Waals surface area contributed by atoms with E-state index in [1.54, 1.807) is 18.3 Å². The Kier molecular flexibility index (Phi) is 5.81. The number of rotatable bonds is 6. The zero-order valence-electron chi connectivity index (χ0n) is 17.8. The van der Waals surface area contributed by atoms with Gasteiger partial charge in [-0.2, -0.15) is 5.10 Å². The van der Waals surface area contributed by atoms with Gasteiger partial charge in [0.2, 0.25) is 0 Å². The molecule has 0 spiro atoms. The van der Waals surface area contributed by atoms with Crippen molar-refractivity contribution in [3.8, 4) is 17.0 Å². The number of aromatic nitrogens is 3. The second-order valence-corrected chi connectivity index (χ2v) is 7.74. The summed E-state index contributed by atoms with van der Waals surface area (Å²) in [4.78, 5) is 19.2. The van der Waals surface area contributed by atoms with Crippen LogP contribution in [0.1, 0.15) is 0 Å². The van der Waals surface area contributed by atoms with Gasteiger partial charge in [0.25, 0.3) is 5.56 Å². The van der Waals surface area contributed by atoms with Gasteiger partial charge in [-0.3, -0.25) is 9.78 Å². The summed E-state index contributed by atoms with van der Waals surface area (Å²) in [7, 11) is 0. The van der Waals surface area contributed by atoms with Crippen molar-refractivity contribution in [3.05, 3.63) is 83.3 Å². The fraction of sp³-hybridized carbons (Fsp3) is 0.240. The molecule has 1 aliphatic heterocycles. The summed E-state index contributed by atoms with van der Waals surface area (Å²) in [5, 5.41) is 8.84. The average molecular weight is 428 g/mol. The van der Waals surface area contributed by atoms with E-state index in [4.69, 9.17) is 4.74 Å². The second-order valence-electron chi connectivity index (χ2n) is 7.74. The van der Waals surface area contributed by atoms with Crippen LogP contribution in [0.4, 0.5) is 5.69 Å². The van der Waals surface area contributed by atoms with E-state index in [1.165, 1.54) is 10.4 Å². The number of hydrogen-bond acceptors (Lipinski definition) is 6. The molecule has 7 heteroatoms. The van der Waals surface area contributed by atoms with Gasteiger partial charge in [-0.05, 0) is 30.3 Å². The lowest BCUT2D eigenvalue weighted by molar-refractivity contribution is 0.291. The molecular formula is C25H25N5O2. The van der Waals surface area contributed by atoms with Crippen molar-refractivity contribution in [3.63, 3.8) is 0 Å². The Bertz CT molecular complexity index is 1270. The molecule has 0 atom stereocenters. The van der Waals surface area contributed by atoms with E-state index >= 15 is 0 Å². The molecule has 0 radical (unpaired) electrons. The first kappa shape index (κ1) is 20.2. The molecule has 1 saturated heterocycles. The molecule has 0 aliphatic carbocycles. The second kappa shape index (κ2) is 9.20. The lowest BCUT2D eigenvalue weighted by Crippen LogP contribution is -2.43. The third kappa shape index (κ3) is 4.33. The van der Waals surface area contributed by atoms with Crippen LogP contribution in [0.3, 0.4) is 0 Å². The van der Waals surface area contributed by atoms with E-state index in [9.17, 15) is 4.79 Å². The summed E-state index contributed by atoms with van der Waals surface area (Å²) in [6.45, 7) is 4.67. The summed E-state index contributed by atoms with van der Waals surface area (Å²) in [5.74, 6) is 0.758. The van der Waals surface area contributed by atoms with E-state index in [0.717, 1.165) is 54.1 Å². The van der Waals surface area contributed by atoms with Gasteiger partial charge in [0.15, 0.2) is 0 Å². The van der Waals surface area contributed by atoms with Crippen molar-refractivity contribution >= 4 is 16.6 Å². The fourth-order valence-corrected chi connectivity index (χ4v) is 3.97. The van der Waals surface area contributed by atoms with Crippen LogP contribution in [0, 0.1) is 0 Å². The predicted octanol–water partition coefficient (Wildman–Crippen LogP) is 2.95. The van der Waals surface area contributed by atoms with Gasteiger partial charge >= 0.3 is 0 Å². The number of anilines is 1. The van der Waals surface area contributed by atoms with Crippen LogP contribution in [0.25, 0.3) is 22.2 Å². The van der Waals surface area contributed by atoms with Crippen LogP contribution in [-0.2, 0) is 6.54 Å². The molecule has 7 nitrogen and oxygen atoms in total. The predicted molar refractivity (Wildman–Crippen MR) is 126 cm³/mol. The standard InChI is InChI=1S/C25H25N5O2/c31-25-9-8-22(19-4-2-1-3-5-19)28-30(25)16-17-32-24-10-11-27-23-18-20(6-7-21(23)24)29-14-12-26-13-15-29/h1-11,18,26H,12-17H2. The number of fused-ring (bicyclic) bond motifs is 1. The normalized spacial score (nSPS) is 13.9. The molecule has 2 aromatic carbocycles. The number of benzene rings is 2. The lowest BCUT2D eigenvalue weighted by atomic mass is 10.1. The lowest BCUT2D eigenvalue weighted by Gasteiger charge is -2.29. The van der Waals surface area contributed by atoms with E-state index in [2.05, 4.69) is 38.5 Å². The van der Waals surface area contributed by atoms with Crippen LogP contribution in [-0.4, -0.2) is 47.6 Å². The summed E-state index contributed by atoms with van der Waals surface area (Å²) < 4.78 is 7.50. The van der Waals surface area contributed by atoms with Crippen LogP contribution >= 0.6 is 0 Å². The maximum Gasteiger partial charge on any atom is 0.266 e. The molecule has 32 heavy (non-hydrogen) atoms. The zero-order chi connectivity index (χ0) is 21.8. The fourth-order valence-electron chi connectivity index (χ4n) is 3.97. The molecule has 5 rings (SSSR count). The quantitative estimate of drug-likeness (QED) is 0.510. The van der Waals surface area contributed by atoms with Crippen molar-refractivity contribution in [1.82, 2.24) is 20.1 Å². The van der Waals surface area contributed by atoms with E-state index in [0.29, 0.717) is 13.2 Å². The number of hydrogen-bond donors (Lipinski definition) is 1. The molecule has 1 N–H and O–H groups in total. The van der Waals surface area contributed by atoms with Gasteiger partial charge in [0, 0.05) is 55.1 Å². The highest BCUT2D eigenvalue weighted by Crippen LogP contribution is 2.28. The summed E-state index contributed by atoms with van der Waals surface area (Å²) in [5.41, 5.74) is 3.67. The summed E-state index contributed by atoms with van der Waals surface area (Å²) in [6, 6.07) is 21.3. The van der Waals surface area contributed by atoms with Crippen molar-refractivity contribution in [2.75, 3.05) is 37.7 Å². The van der Waals surface area contributed by atoms with Gasteiger partial charge in [-0.25, -0.2) is 4.68 Å². The van der Waals surface area contributed by atoms with Crippen molar-refractivity contribution in [2.24, 2.45) is 0 Å². The highest BCUT2D eigenvalue weighted by molar-refractivity contribution is 5.87. The van der Waals surface area contributed by atoms with Crippen molar-refractivity contribution < 1.29 is 4.74 Å². The Morgan fingerprint density at radius 3 is 2.66 bits per heavy atom. The molecule has 0 bridgehead atoms. The molecule has 3 heterocycles. The minimum Gasteiger partial charge on any atom is -0.491 e. The SMILES string of the molecule is O=c1ccc(-c2ccccc2)nn1CCOc1ccnc2cc(N3CCNCC3)ccc12. The highest BCUT2D eigenvalue weighted by atomic mass is 16.5. The molecule has 0 amide bonds. The first-order valence-electron chi connectivity index (χ1n) is 10.9. The molecule has 0 unspecified atom stereocenters. The molecule has 0 saturated carbocycles. The van der Waals surface area contributed by atoms with Crippen molar-refractivity contribution in [1.29, 1.82) is 0 Å². The number of nitrogens with one attached hydrogen (secondary N) is 1. The van der Waals surface area contributed by atoms with Crippen LogP contribution in [0.5, 0.6) is 5.75 Å². The third-order valence-electron chi connectivity index (χ3n) is 5.67. The van der Waals surface area contributed by atoms with Crippen LogP contribution < -0.4 is 20.5 Å². The van der Waals surface area contributed by atoms with Crippen LogP contribution in [0.2, 0.25) is 0 Å². The molecule has 1 fully saturated rings. The summed E-state index contributed by atoms with van der Waals surface area (Å²) >= 11 is 0. The highest BCUT2D eigenvalue weighted by Gasteiger charge is 2.12. The van der Waals surface area contributed by atoms with Gasteiger partial charge in [0.1, 0.15) is 12.4 Å². The maximum absolute atomic E-state index is 12.3. The summed E-state index contributed by atoms with van der Waals surface area (Å²) in [6.07, 6.45) is 1.76. The smallest absolute Gasteiger partial charge is 0.266 e. The van der Waals surface area contributed by atoms with Gasteiger partial charge in [-0.15, -0.1) is 0 Å². The Morgan fingerprint density at radius 2 is 1.81 bits per heavy atom. The van der Waals surface area contributed by atoms with Crippen molar-refractivity contribution in [2.45, 2.75) is 6.54 Å². The monoisotopic (exact) mass is 427 g/mol. The number of pyridine rings is 1. The van der Waals surface area contributed by atoms with E-state index in [-0.39, 0.29) is 5.56 Å². The maximum atomic E-state index is 12.3. The molecule has 162 valence electrons. The molecular weight excluding hydrogens is 402 g/mol. The Morgan fingerprint density at radius 1 is 0.969 bits per heavy atom. The van der Waals surface area contributed by atoms with Gasteiger partial charge < -0.3 is 15.0 Å². The van der Waals surface area contributed by atoms with Gasteiger partial charge in [0.05, 0.1) is 17.8 Å². The first-order valence-corrected chi connectivity index (χ1v) is 10.9. The third-order valence-corrected chi connectivity index (χ3v) is 5.67. The Hall–Kier alpha value is -3.71. The first-order chi connectivity index (χ1) is 15.8. The number of ether oxygens (including phenoxy) is 1. The molecule has 2 aromatic heterocycles. The average Bonchev–Trinajstić information content (AvgIpc) is 2.86. The zero-order valence-corrected chi connectivity index (χ0v) is 17.8. The minimum atomic E-state index is -0.145. The topological polar surface area (TPSA) is 72.3 Å². The Labute approximate surface area is 186 Å².